The summed E-state index contributed by atoms with van der Waals surface area (Å²) < 4.78 is 0. The first kappa shape index (κ1) is 10.1. The van der Waals surface area contributed by atoms with E-state index in [9.17, 15) is 0 Å². The zero-order chi connectivity index (χ0) is 11.1. The predicted molar refractivity (Wildman–Crippen MR) is 68.7 cm³/mol. The van der Waals surface area contributed by atoms with Crippen LogP contribution < -0.4 is 0 Å². The lowest BCUT2D eigenvalue weighted by atomic mass is 9.85. The van der Waals surface area contributed by atoms with Gasteiger partial charge in [-0.15, -0.1) is 0 Å². The summed E-state index contributed by atoms with van der Waals surface area (Å²) in [5, 5.41) is 0. The highest BCUT2D eigenvalue weighted by Crippen LogP contribution is 2.57. The minimum absolute atomic E-state index is 0.633. The highest BCUT2D eigenvalue weighted by Gasteiger charge is 2.43. The van der Waals surface area contributed by atoms with Crippen LogP contribution in [0.4, 0.5) is 0 Å². The standard InChI is InChI=1S/C16H20/c1-3-6-13-11(2)9-12-10-16(12)15-8-5-4-7-14(13)15/h4-5,7-8,12-13,16H,2-3,6,9-10H2,1H3. The largest absolute Gasteiger partial charge is 0.0992 e. The molecule has 0 bridgehead atoms. The van der Waals surface area contributed by atoms with Crippen LogP contribution in [-0.2, 0) is 0 Å². The van der Waals surface area contributed by atoms with Crippen molar-refractivity contribution in [3.05, 3.63) is 47.5 Å². The molecule has 3 unspecified atom stereocenters. The molecule has 0 aliphatic heterocycles. The van der Waals surface area contributed by atoms with E-state index in [-0.39, 0.29) is 0 Å². The topological polar surface area (TPSA) is 0 Å². The van der Waals surface area contributed by atoms with Crippen molar-refractivity contribution in [1.29, 1.82) is 0 Å². The molecule has 3 rings (SSSR count). The van der Waals surface area contributed by atoms with E-state index < -0.39 is 0 Å². The van der Waals surface area contributed by atoms with Gasteiger partial charge in [0.2, 0.25) is 0 Å². The molecule has 0 spiro atoms. The zero-order valence-electron chi connectivity index (χ0n) is 10.1. The van der Waals surface area contributed by atoms with E-state index in [2.05, 4.69) is 37.8 Å². The Bertz CT molecular complexity index is 416. The smallest absolute Gasteiger partial charge is 0.00483 e. The molecule has 0 aromatic heterocycles. The normalized spacial score (nSPS) is 31.6. The molecule has 0 heterocycles. The van der Waals surface area contributed by atoms with Crippen molar-refractivity contribution < 1.29 is 0 Å². The number of benzene rings is 1. The number of allylic oxidation sites excluding steroid dienone is 1. The van der Waals surface area contributed by atoms with E-state index in [0.29, 0.717) is 5.92 Å². The monoisotopic (exact) mass is 212 g/mol. The van der Waals surface area contributed by atoms with Gasteiger partial charge in [-0.1, -0.05) is 49.8 Å². The van der Waals surface area contributed by atoms with Crippen LogP contribution in [-0.4, -0.2) is 0 Å². The fraction of sp³-hybridized carbons (Fsp3) is 0.500. The molecule has 1 fully saturated rings. The maximum Gasteiger partial charge on any atom is 0.00483 e. The highest BCUT2D eigenvalue weighted by atomic mass is 14.5. The lowest BCUT2D eigenvalue weighted by molar-refractivity contribution is 0.651. The van der Waals surface area contributed by atoms with Gasteiger partial charge in [-0.3, -0.25) is 0 Å². The number of hydrogen-bond acceptors (Lipinski definition) is 0. The molecule has 1 saturated carbocycles. The van der Waals surface area contributed by atoms with Gasteiger partial charge in [-0.05, 0) is 42.2 Å². The fourth-order valence-electron chi connectivity index (χ4n) is 3.37. The van der Waals surface area contributed by atoms with Gasteiger partial charge < -0.3 is 0 Å². The van der Waals surface area contributed by atoms with Gasteiger partial charge in [0.25, 0.3) is 0 Å². The molecule has 1 aromatic carbocycles. The molecule has 2 aliphatic carbocycles. The summed E-state index contributed by atoms with van der Waals surface area (Å²) in [6.45, 7) is 6.63. The molecule has 0 N–H and O–H groups in total. The SMILES string of the molecule is C=C1CC2CC2c2ccccc2C1CCC. The Morgan fingerprint density at radius 1 is 1.25 bits per heavy atom. The highest BCUT2D eigenvalue weighted by molar-refractivity contribution is 5.43. The second-order valence-electron chi connectivity index (χ2n) is 5.43. The van der Waals surface area contributed by atoms with Crippen LogP contribution >= 0.6 is 0 Å². The van der Waals surface area contributed by atoms with E-state index in [4.69, 9.17) is 0 Å². The Labute approximate surface area is 98.4 Å². The molecule has 0 amide bonds. The van der Waals surface area contributed by atoms with Crippen molar-refractivity contribution in [2.45, 2.75) is 44.4 Å². The summed E-state index contributed by atoms with van der Waals surface area (Å²) in [5.74, 6) is 2.40. The van der Waals surface area contributed by atoms with Crippen molar-refractivity contribution in [2.75, 3.05) is 0 Å². The first-order valence-corrected chi connectivity index (χ1v) is 6.57. The van der Waals surface area contributed by atoms with Crippen LogP contribution in [0.1, 0.15) is 55.6 Å². The Balaban J connectivity index is 2.05. The van der Waals surface area contributed by atoms with Crippen molar-refractivity contribution >= 4 is 0 Å². The van der Waals surface area contributed by atoms with Gasteiger partial charge in [0, 0.05) is 5.92 Å². The van der Waals surface area contributed by atoms with E-state index in [0.717, 1.165) is 11.8 Å². The quantitative estimate of drug-likeness (QED) is 0.627. The molecule has 0 saturated heterocycles. The summed E-state index contributed by atoms with van der Waals surface area (Å²) in [7, 11) is 0. The minimum atomic E-state index is 0.633. The van der Waals surface area contributed by atoms with Crippen LogP contribution in [0.25, 0.3) is 0 Å². The Morgan fingerprint density at radius 2 is 2.00 bits per heavy atom. The van der Waals surface area contributed by atoms with E-state index in [1.165, 1.54) is 31.3 Å². The van der Waals surface area contributed by atoms with Crippen molar-refractivity contribution in [1.82, 2.24) is 0 Å². The minimum Gasteiger partial charge on any atom is -0.0992 e. The van der Waals surface area contributed by atoms with Gasteiger partial charge in [0.1, 0.15) is 0 Å². The number of hydrogen-bond donors (Lipinski definition) is 0. The summed E-state index contributed by atoms with van der Waals surface area (Å²) in [6.07, 6.45) is 5.20. The molecule has 0 heteroatoms. The van der Waals surface area contributed by atoms with Crippen LogP contribution in [0.2, 0.25) is 0 Å². The molecule has 0 radical (unpaired) electrons. The Morgan fingerprint density at radius 3 is 2.75 bits per heavy atom. The lowest BCUT2D eigenvalue weighted by Gasteiger charge is -2.20. The van der Waals surface area contributed by atoms with Gasteiger partial charge >= 0.3 is 0 Å². The van der Waals surface area contributed by atoms with Gasteiger partial charge in [0.15, 0.2) is 0 Å². The number of rotatable bonds is 2. The Kier molecular flexibility index (Phi) is 2.38. The molecule has 84 valence electrons. The van der Waals surface area contributed by atoms with Crippen molar-refractivity contribution in [3.8, 4) is 0 Å². The average Bonchev–Trinajstić information content (AvgIpc) is 3.04. The molecule has 2 aliphatic rings. The van der Waals surface area contributed by atoms with E-state index in [1.807, 2.05) is 0 Å². The van der Waals surface area contributed by atoms with Crippen LogP contribution in [0.15, 0.2) is 36.4 Å². The third kappa shape index (κ3) is 1.52. The lowest BCUT2D eigenvalue weighted by Crippen LogP contribution is -2.03. The average molecular weight is 212 g/mol. The fourth-order valence-corrected chi connectivity index (χ4v) is 3.37. The maximum atomic E-state index is 4.35. The second kappa shape index (κ2) is 3.76. The maximum absolute atomic E-state index is 4.35. The van der Waals surface area contributed by atoms with Crippen LogP contribution in [0.3, 0.4) is 0 Å². The summed E-state index contributed by atoms with van der Waals surface area (Å²) in [6, 6.07) is 9.07. The molecule has 3 atom stereocenters. The number of fused-ring (bicyclic) bond motifs is 3. The van der Waals surface area contributed by atoms with Crippen molar-refractivity contribution in [3.63, 3.8) is 0 Å². The summed E-state index contributed by atoms with van der Waals surface area (Å²) in [5.41, 5.74) is 4.70. The zero-order valence-corrected chi connectivity index (χ0v) is 10.1. The molecule has 16 heavy (non-hydrogen) atoms. The molecule has 0 nitrogen and oxygen atoms in total. The van der Waals surface area contributed by atoms with Gasteiger partial charge in [0.05, 0.1) is 0 Å². The van der Waals surface area contributed by atoms with E-state index >= 15 is 0 Å². The first-order chi connectivity index (χ1) is 7.81. The molecular weight excluding hydrogens is 192 g/mol. The third-order valence-electron chi connectivity index (χ3n) is 4.29. The molecule has 1 aromatic rings. The van der Waals surface area contributed by atoms with Gasteiger partial charge in [-0.25, -0.2) is 0 Å². The second-order valence-corrected chi connectivity index (χ2v) is 5.43. The Hall–Kier alpha value is -1.04. The molecular formula is C16H20. The summed E-state index contributed by atoms with van der Waals surface area (Å²) >= 11 is 0. The first-order valence-electron chi connectivity index (χ1n) is 6.57. The van der Waals surface area contributed by atoms with Crippen LogP contribution in [0, 0.1) is 5.92 Å². The third-order valence-corrected chi connectivity index (χ3v) is 4.29. The summed E-state index contributed by atoms with van der Waals surface area (Å²) in [4.78, 5) is 0. The van der Waals surface area contributed by atoms with Gasteiger partial charge in [-0.2, -0.15) is 0 Å². The predicted octanol–water partition coefficient (Wildman–Crippen LogP) is 4.63. The van der Waals surface area contributed by atoms with E-state index in [1.54, 1.807) is 11.1 Å². The van der Waals surface area contributed by atoms with Crippen molar-refractivity contribution in [2.24, 2.45) is 5.92 Å². The van der Waals surface area contributed by atoms with Crippen LogP contribution in [0.5, 0.6) is 0 Å².